The van der Waals surface area contributed by atoms with Crippen molar-refractivity contribution in [1.29, 1.82) is 0 Å². The van der Waals surface area contributed by atoms with Crippen LogP contribution < -0.4 is 15.2 Å². The summed E-state index contributed by atoms with van der Waals surface area (Å²) in [6.45, 7) is 2.12. The van der Waals surface area contributed by atoms with Crippen LogP contribution in [0.1, 0.15) is 6.92 Å². The van der Waals surface area contributed by atoms with Gasteiger partial charge >= 0.3 is 0 Å². The molecular formula is C12H14N4O3S. The lowest BCUT2D eigenvalue weighted by Gasteiger charge is -2.12. The molecule has 106 valence electrons. The van der Waals surface area contributed by atoms with Crippen LogP contribution in [0.4, 0.5) is 11.4 Å². The fourth-order valence-electron chi connectivity index (χ4n) is 1.57. The van der Waals surface area contributed by atoms with Crippen molar-refractivity contribution in [3.05, 3.63) is 36.9 Å². The molecule has 0 saturated carbocycles. The minimum Gasteiger partial charge on any atom is -0.492 e. The summed E-state index contributed by atoms with van der Waals surface area (Å²) in [7, 11) is -3.82. The van der Waals surface area contributed by atoms with Gasteiger partial charge in [-0.15, -0.1) is 0 Å². The molecule has 0 fully saturated rings. The molecule has 1 aromatic carbocycles. The number of nitrogen functional groups attached to an aromatic ring is 1. The predicted octanol–water partition coefficient (Wildman–Crippen LogP) is 1.26. The second-order valence-corrected chi connectivity index (χ2v) is 5.52. The molecule has 0 saturated heterocycles. The zero-order valence-corrected chi connectivity index (χ0v) is 11.6. The Bertz CT molecular complexity index is 689. The summed E-state index contributed by atoms with van der Waals surface area (Å²) < 4.78 is 32.4. The van der Waals surface area contributed by atoms with E-state index in [2.05, 4.69) is 14.7 Å². The minimum absolute atomic E-state index is 0.0248. The quantitative estimate of drug-likeness (QED) is 0.804. The summed E-state index contributed by atoms with van der Waals surface area (Å²) in [5.74, 6) is 0.242. The molecule has 1 aromatic heterocycles. The van der Waals surface area contributed by atoms with Crippen LogP contribution in [0.25, 0.3) is 0 Å². The van der Waals surface area contributed by atoms with Gasteiger partial charge in [0.2, 0.25) is 0 Å². The largest absolute Gasteiger partial charge is 0.492 e. The third-order valence-corrected chi connectivity index (χ3v) is 3.77. The monoisotopic (exact) mass is 294 g/mol. The molecule has 0 aliphatic carbocycles. The molecule has 20 heavy (non-hydrogen) atoms. The van der Waals surface area contributed by atoms with Gasteiger partial charge in [-0.2, -0.15) is 0 Å². The fraction of sp³-hybridized carbons (Fsp3) is 0.167. The maximum atomic E-state index is 12.3. The normalized spacial score (nSPS) is 11.1. The summed E-state index contributed by atoms with van der Waals surface area (Å²) in [4.78, 5) is 7.46. The Labute approximate surface area is 116 Å². The van der Waals surface area contributed by atoms with Gasteiger partial charge in [0.15, 0.2) is 0 Å². The van der Waals surface area contributed by atoms with Gasteiger partial charge in [0.1, 0.15) is 17.0 Å². The zero-order chi connectivity index (χ0) is 14.6. The molecule has 0 aliphatic rings. The smallest absolute Gasteiger partial charge is 0.265 e. The Morgan fingerprint density at radius 2 is 2.00 bits per heavy atom. The second-order valence-electron chi connectivity index (χ2n) is 3.87. The third-order valence-electron chi connectivity index (χ3n) is 2.37. The van der Waals surface area contributed by atoms with Crippen LogP contribution in [0.2, 0.25) is 0 Å². The summed E-state index contributed by atoms with van der Waals surface area (Å²) in [5.41, 5.74) is 6.23. The van der Waals surface area contributed by atoms with E-state index >= 15 is 0 Å². The Morgan fingerprint density at radius 3 is 2.65 bits per heavy atom. The number of aromatic nitrogens is 2. The first-order valence-corrected chi connectivity index (χ1v) is 7.31. The number of nitrogens with one attached hydrogen (secondary N) is 1. The second kappa shape index (κ2) is 5.74. The summed E-state index contributed by atoms with van der Waals surface area (Å²) >= 11 is 0. The van der Waals surface area contributed by atoms with Crippen LogP contribution in [0.5, 0.6) is 5.75 Å². The van der Waals surface area contributed by atoms with E-state index in [0.717, 1.165) is 0 Å². The molecule has 0 aliphatic heterocycles. The Kier molecular flexibility index (Phi) is 4.04. The maximum absolute atomic E-state index is 12.3. The highest BCUT2D eigenvalue weighted by Crippen LogP contribution is 2.27. The highest BCUT2D eigenvalue weighted by Gasteiger charge is 2.20. The molecule has 3 N–H and O–H groups in total. The number of nitrogens with zero attached hydrogens (tertiary/aromatic N) is 2. The lowest BCUT2D eigenvalue weighted by atomic mass is 10.3. The molecule has 0 bridgehead atoms. The van der Waals surface area contributed by atoms with Gasteiger partial charge in [-0.3, -0.25) is 4.72 Å². The lowest BCUT2D eigenvalue weighted by Crippen LogP contribution is -2.15. The topological polar surface area (TPSA) is 107 Å². The molecule has 0 atom stereocenters. The number of anilines is 2. The average Bonchev–Trinajstić information content (AvgIpc) is 2.41. The van der Waals surface area contributed by atoms with Gasteiger partial charge in [-0.1, -0.05) is 0 Å². The molecule has 0 unspecified atom stereocenters. The number of hydrogen-bond acceptors (Lipinski definition) is 6. The van der Waals surface area contributed by atoms with Crippen LogP contribution in [-0.4, -0.2) is 25.0 Å². The summed E-state index contributed by atoms with van der Waals surface area (Å²) in [6.07, 6.45) is 4.03. The molecular weight excluding hydrogens is 280 g/mol. The predicted molar refractivity (Wildman–Crippen MR) is 74.9 cm³/mol. The highest BCUT2D eigenvalue weighted by atomic mass is 32.2. The van der Waals surface area contributed by atoms with Crippen LogP contribution in [-0.2, 0) is 10.0 Å². The van der Waals surface area contributed by atoms with Crippen molar-refractivity contribution in [1.82, 2.24) is 9.97 Å². The summed E-state index contributed by atoms with van der Waals surface area (Å²) in [5, 5.41) is 0. The van der Waals surface area contributed by atoms with Crippen molar-refractivity contribution < 1.29 is 13.2 Å². The van der Waals surface area contributed by atoms with Crippen LogP contribution in [0, 0.1) is 0 Å². The SMILES string of the molecule is CCOc1ccc(N)cc1S(=O)(=O)Nc1cncnc1. The fourth-order valence-corrected chi connectivity index (χ4v) is 2.78. The highest BCUT2D eigenvalue weighted by molar-refractivity contribution is 7.92. The number of ether oxygens (including phenoxy) is 1. The first-order chi connectivity index (χ1) is 9.53. The number of nitrogens with two attached hydrogens (primary N) is 1. The minimum atomic E-state index is -3.82. The third kappa shape index (κ3) is 3.15. The van der Waals surface area contributed by atoms with Gasteiger partial charge < -0.3 is 10.5 Å². The van der Waals surface area contributed by atoms with Crippen molar-refractivity contribution in [2.75, 3.05) is 17.1 Å². The van der Waals surface area contributed by atoms with E-state index in [-0.39, 0.29) is 16.3 Å². The zero-order valence-electron chi connectivity index (χ0n) is 10.8. The van der Waals surface area contributed by atoms with Gasteiger partial charge in [0, 0.05) is 5.69 Å². The molecule has 0 radical (unpaired) electrons. The van der Waals surface area contributed by atoms with E-state index < -0.39 is 10.0 Å². The molecule has 8 heteroatoms. The van der Waals surface area contributed by atoms with E-state index in [4.69, 9.17) is 10.5 Å². The van der Waals surface area contributed by atoms with E-state index in [1.807, 2.05) is 0 Å². The van der Waals surface area contributed by atoms with E-state index in [0.29, 0.717) is 12.3 Å². The van der Waals surface area contributed by atoms with E-state index in [9.17, 15) is 8.42 Å². The number of rotatable bonds is 5. The molecule has 0 amide bonds. The first kappa shape index (κ1) is 14.1. The Morgan fingerprint density at radius 1 is 1.30 bits per heavy atom. The van der Waals surface area contributed by atoms with Crippen molar-refractivity contribution >= 4 is 21.4 Å². The Balaban J connectivity index is 2.41. The number of benzene rings is 1. The van der Waals surface area contributed by atoms with Crippen LogP contribution >= 0.6 is 0 Å². The first-order valence-electron chi connectivity index (χ1n) is 5.83. The maximum Gasteiger partial charge on any atom is 0.265 e. The van der Waals surface area contributed by atoms with Crippen molar-refractivity contribution in [2.45, 2.75) is 11.8 Å². The van der Waals surface area contributed by atoms with Gasteiger partial charge in [-0.25, -0.2) is 18.4 Å². The van der Waals surface area contributed by atoms with Crippen molar-refractivity contribution in [2.24, 2.45) is 0 Å². The molecule has 2 rings (SSSR count). The van der Waals surface area contributed by atoms with Crippen LogP contribution in [0.15, 0.2) is 41.8 Å². The van der Waals surface area contributed by atoms with Crippen LogP contribution in [0.3, 0.4) is 0 Å². The van der Waals surface area contributed by atoms with Gasteiger partial charge in [-0.05, 0) is 25.1 Å². The molecule has 0 spiro atoms. The van der Waals surface area contributed by atoms with Crippen molar-refractivity contribution in [3.8, 4) is 5.75 Å². The van der Waals surface area contributed by atoms with E-state index in [1.165, 1.54) is 30.9 Å². The number of hydrogen-bond donors (Lipinski definition) is 2. The van der Waals surface area contributed by atoms with Gasteiger partial charge in [0.25, 0.3) is 10.0 Å². The number of sulfonamides is 1. The molecule has 7 nitrogen and oxygen atoms in total. The summed E-state index contributed by atoms with van der Waals surface area (Å²) in [6, 6.07) is 4.45. The average molecular weight is 294 g/mol. The Hall–Kier alpha value is -2.35. The molecule has 2 aromatic rings. The molecule has 1 heterocycles. The standard InChI is InChI=1S/C12H14N4O3S/c1-2-19-11-4-3-9(13)5-12(11)20(17,18)16-10-6-14-8-15-7-10/h3-8,16H,2,13H2,1H3. The van der Waals surface area contributed by atoms with Gasteiger partial charge in [0.05, 0.1) is 24.7 Å². The van der Waals surface area contributed by atoms with Crippen molar-refractivity contribution in [3.63, 3.8) is 0 Å². The van der Waals surface area contributed by atoms with E-state index in [1.54, 1.807) is 13.0 Å². The lowest BCUT2D eigenvalue weighted by molar-refractivity contribution is 0.331.